The number of carbonyl (C=O) groups excluding carboxylic acids is 2. The van der Waals surface area contributed by atoms with E-state index in [0.717, 1.165) is 10.5 Å². The lowest BCUT2D eigenvalue weighted by molar-refractivity contribution is -0.148. The second-order valence-corrected chi connectivity index (χ2v) is 9.73. The first-order valence-electron chi connectivity index (χ1n) is 10.7. The van der Waals surface area contributed by atoms with Crippen molar-refractivity contribution in [3.05, 3.63) is 48.4 Å². The lowest BCUT2D eigenvalue weighted by Crippen LogP contribution is -2.65. The molecule has 0 spiro atoms. The maximum absolute atomic E-state index is 13.5. The summed E-state index contributed by atoms with van der Waals surface area (Å²) in [5, 5.41) is 0. The van der Waals surface area contributed by atoms with E-state index in [1.165, 1.54) is 48.4 Å². The highest BCUT2D eigenvalue weighted by molar-refractivity contribution is 7.89. The zero-order valence-corrected chi connectivity index (χ0v) is 19.4. The fourth-order valence-corrected chi connectivity index (χ4v) is 5.97. The van der Waals surface area contributed by atoms with Crippen molar-refractivity contribution in [2.45, 2.75) is 42.8 Å². The number of benzene rings is 1. The number of nitrogens with zero attached hydrogens (tertiary/aromatic N) is 3. The predicted octanol–water partition coefficient (Wildman–Crippen LogP) is 2.55. The monoisotopic (exact) mass is 493 g/mol. The third kappa shape index (κ3) is 4.42. The number of methoxy groups -OCH3 is 1. The van der Waals surface area contributed by atoms with Gasteiger partial charge in [0, 0.05) is 18.7 Å². The zero-order chi connectivity index (χ0) is 24.5. The molecule has 12 heteroatoms. The van der Waals surface area contributed by atoms with Crippen LogP contribution in [0.5, 0.6) is 11.6 Å². The smallest absolute Gasteiger partial charge is 0.410 e. The molecular weight excluding hydrogens is 469 g/mol. The second kappa shape index (κ2) is 9.55. The second-order valence-electron chi connectivity index (χ2n) is 7.84. The molecular formula is C22H24FN3O7S. The van der Waals surface area contributed by atoms with Crippen LogP contribution in [0, 0.1) is 5.82 Å². The minimum absolute atomic E-state index is 0.0781. The average Bonchev–Trinajstić information content (AvgIpc) is 3.13. The summed E-state index contributed by atoms with van der Waals surface area (Å²) in [5.74, 6) is -0.726. The number of halogens is 1. The number of esters is 1. The fourth-order valence-electron chi connectivity index (χ4n) is 4.38. The minimum atomic E-state index is -4.16. The van der Waals surface area contributed by atoms with Crippen LogP contribution in [0.3, 0.4) is 0 Å². The van der Waals surface area contributed by atoms with Gasteiger partial charge in [-0.15, -0.1) is 0 Å². The highest BCUT2D eigenvalue weighted by Gasteiger charge is 2.55. The van der Waals surface area contributed by atoms with Crippen molar-refractivity contribution < 1.29 is 36.6 Å². The van der Waals surface area contributed by atoms with Gasteiger partial charge in [-0.25, -0.2) is 22.6 Å². The predicted molar refractivity (Wildman–Crippen MR) is 116 cm³/mol. The molecule has 2 aliphatic heterocycles. The molecule has 0 saturated carbocycles. The molecule has 2 fully saturated rings. The van der Waals surface area contributed by atoms with Crippen molar-refractivity contribution in [3.63, 3.8) is 0 Å². The third-order valence-electron chi connectivity index (χ3n) is 5.88. The Hall–Kier alpha value is -3.25. The Morgan fingerprint density at radius 1 is 1.15 bits per heavy atom. The first-order valence-corrected chi connectivity index (χ1v) is 12.1. The minimum Gasteiger partial charge on any atom is -0.468 e. The molecule has 34 heavy (non-hydrogen) atoms. The summed E-state index contributed by atoms with van der Waals surface area (Å²) >= 11 is 0. The van der Waals surface area contributed by atoms with E-state index >= 15 is 0 Å². The van der Waals surface area contributed by atoms with Gasteiger partial charge in [-0.3, -0.25) is 9.69 Å². The van der Waals surface area contributed by atoms with Crippen molar-refractivity contribution in [2.75, 3.05) is 20.3 Å². The van der Waals surface area contributed by atoms with Crippen molar-refractivity contribution in [1.29, 1.82) is 0 Å². The van der Waals surface area contributed by atoms with Gasteiger partial charge in [0.1, 0.15) is 22.5 Å². The first kappa shape index (κ1) is 23.9. The van der Waals surface area contributed by atoms with Crippen molar-refractivity contribution >= 4 is 22.1 Å². The quantitative estimate of drug-likeness (QED) is 0.564. The molecule has 2 aliphatic rings. The fraction of sp³-hybridized carbons (Fsp3) is 0.409. The molecule has 2 saturated heterocycles. The van der Waals surface area contributed by atoms with E-state index in [4.69, 9.17) is 14.2 Å². The lowest BCUT2D eigenvalue weighted by Gasteiger charge is -2.43. The van der Waals surface area contributed by atoms with Crippen LogP contribution in [0.1, 0.15) is 19.8 Å². The number of amides is 1. The van der Waals surface area contributed by atoms with Crippen LogP contribution in [-0.4, -0.2) is 73.1 Å². The van der Waals surface area contributed by atoms with Gasteiger partial charge in [-0.1, -0.05) is 0 Å². The molecule has 4 rings (SSSR count). The van der Waals surface area contributed by atoms with E-state index in [0.29, 0.717) is 18.6 Å². The van der Waals surface area contributed by atoms with Gasteiger partial charge in [0.15, 0.2) is 0 Å². The summed E-state index contributed by atoms with van der Waals surface area (Å²) in [7, 11) is -2.99. The average molecular weight is 494 g/mol. The first-order chi connectivity index (χ1) is 16.3. The van der Waals surface area contributed by atoms with Gasteiger partial charge in [-0.2, -0.15) is 4.31 Å². The van der Waals surface area contributed by atoms with E-state index in [2.05, 4.69) is 4.98 Å². The Labute approximate surface area is 196 Å². The van der Waals surface area contributed by atoms with E-state index in [1.807, 2.05) is 0 Å². The van der Waals surface area contributed by atoms with Gasteiger partial charge in [-0.05, 0) is 50.1 Å². The van der Waals surface area contributed by atoms with Gasteiger partial charge in [0.05, 0.1) is 26.0 Å². The molecule has 3 atom stereocenters. The highest BCUT2D eigenvalue weighted by atomic mass is 32.2. The number of hydrogen-bond donors (Lipinski definition) is 0. The van der Waals surface area contributed by atoms with E-state index in [-0.39, 0.29) is 23.9 Å². The van der Waals surface area contributed by atoms with Crippen LogP contribution < -0.4 is 4.74 Å². The van der Waals surface area contributed by atoms with Crippen LogP contribution >= 0.6 is 0 Å². The Morgan fingerprint density at radius 2 is 1.88 bits per heavy atom. The molecule has 1 aromatic heterocycles. The maximum atomic E-state index is 13.5. The van der Waals surface area contributed by atoms with Gasteiger partial charge < -0.3 is 14.2 Å². The molecule has 0 radical (unpaired) electrons. The zero-order valence-electron chi connectivity index (χ0n) is 18.6. The third-order valence-corrected chi connectivity index (χ3v) is 7.72. The number of ether oxygens (including phenoxy) is 3. The molecule has 0 N–H and O–H groups in total. The Balaban J connectivity index is 1.60. The summed E-state index contributed by atoms with van der Waals surface area (Å²) < 4.78 is 56.7. The van der Waals surface area contributed by atoms with Crippen LogP contribution in [0.4, 0.5) is 9.18 Å². The van der Waals surface area contributed by atoms with Crippen molar-refractivity contribution in [2.24, 2.45) is 0 Å². The lowest BCUT2D eigenvalue weighted by atomic mass is 10.1. The molecule has 2 aromatic rings. The number of piperazine rings is 1. The van der Waals surface area contributed by atoms with Crippen LogP contribution in [0.2, 0.25) is 0 Å². The largest absolute Gasteiger partial charge is 0.468 e. The number of pyridine rings is 1. The molecule has 0 aliphatic carbocycles. The number of fused-ring (bicyclic) bond motifs is 2. The summed E-state index contributed by atoms with van der Waals surface area (Å²) in [5.41, 5.74) is 0. The summed E-state index contributed by atoms with van der Waals surface area (Å²) in [6.07, 6.45) is 1.52. The van der Waals surface area contributed by atoms with E-state index in [9.17, 15) is 22.4 Å². The van der Waals surface area contributed by atoms with Gasteiger partial charge >= 0.3 is 12.1 Å². The number of rotatable bonds is 6. The Bertz CT molecular complexity index is 1160. The highest BCUT2D eigenvalue weighted by Crippen LogP contribution is 2.38. The summed E-state index contributed by atoms with van der Waals surface area (Å²) in [6.45, 7) is 1.76. The number of aromatic nitrogens is 1. The number of hydrogen-bond acceptors (Lipinski definition) is 8. The van der Waals surface area contributed by atoms with Crippen LogP contribution in [-0.2, 0) is 24.3 Å². The molecule has 182 valence electrons. The molecule has 10 nitrogen and oxygen atoms in total. The van der Waals surface area contributed by atoms with Crippen molar-refractivity contribution in [3.8, 4) is 11.6 Å². The molecule has 3 heterocycles. The molecule has 1 aromatic carbocycles. The molecule has 0 unspecified atom stereocenters. The topological polar surface area (TPSA) is 115 Å². The maximum Gasteiger partial charge on any atom is 0.410 e. The molecule has 1 amide bonds. The Morgan fingerprint density at radius 3 is 2.50 bits per heavy atom. The van der Waals surface area contributed by atoms with Gasteiger partial charge in [0.2, 0.25) is 15.9 Å². The van der Waals surface area contributed by atoms with Crippen molar-refractivity contribution in [1.82, 2.24) is 14.2 Å². The number of sulfonamides is 1. The summed E-state index contributed by atoms with van der Waals surface area (Å²) in [6, 6.07) is 5.64. The summed E-state index contributed by atoms with van der Waals surface area (Å²) in [4.78, 5) is 30.5. The standard InChI is InChI=1S/C22H24FN3O7S/c1-3-32-22(28)26-15-6-10-18(26)20(21(27)31-2)25(13-15)34(29,30)17-9-11-19(24-12-17)33-16-7-4-14(23)5-8-16/h4-5,7-9,11-12,15,18,20H,3,6,10,13H2,1-2H3/t15-,18+,20+/m1/s1. The van der Waals surface area contributed by atoms with Crippen LogP contribution in [0.25, 0.3) is 0 Å². The van der Waals surface area contributed by atoms with Crippen LogP contribution in [0.15, 0.2) is 47.5 Å². The molecule has 2 bridgehead atoms. The van der Waals surface area contributed by atoms with E-state index < -0.39 is 46.0 Å². The Kier molecular flexibility index (Phi) is 6.71. The SMILES string of the molecule is CCOC(=O)N1[C@@H]2CC[C@H]1[C@@H](C(=O)OC)N(S(=O)(=O)c1ccc(Oc3ccc(F)cc3)nc1)C2. The van der Waals surface area contributed by atoms with Gasteiger partial charge in [0.25, 0.3) is 0 Å². The number of carbonyl (C=O) groups is 2. The normalized spacial score (nSPS) is 22.3. The van der Waals surface area contributed by atoms with E-state index in [1.54, 1.807) is 6.92 Å².